The SMILES string of the molecule is CCCOC(=O)c1ccc2c(c1N)CCN(S(C)(=O)=O)C2. The zero-order valence-electron chi connectivity index (χ0n) is 12.3. The first-order valence-electron chi connectivity index (χ1n) is 6.87. The molecule has 2 N–H and O–H groups in total. The first-order valence-corrected chi connectivity index (χ1v) is 8.72. The van der Waals surface area contributed by atoms with Gasteiger partial charge in [-0.2, -0.15) is 4.31 Å². The summed E-state index contributed by atoms with van der Waals surface area (Å²) in [6.45, 7) is 2.95. The van der Waals surface area contributed by atoms with Crippen LogP contribution in [0.1, 0.15) is 34.8 Å². The molecule has 0 amide bonds. The summed E-state index contributed by atoms with van der Waals surface area (Å²) in [6, 6.07) is 3.36. The molecular formula is C14H20N2O4S. The van der Waals surface area contributed by atoms with E-state index in [9.17, 15) is 13.2 Å². The lowest BCUT2D eigenvalue weighted by atomic mass is 9.96. The van der Waals surface area contributed by atoms with Gasteiger partial charge < -0.3 is 10.5 Å². The summed E-state index contributed by atoms with van der Waals surface area (Å²) in [5, 5.41) is 0. The van der Waals surface area contributed by atoms with Gasteiger partial charge in [0.2, 0.25) is 10.0 Å². The van der Waals surface area contributed by atoms with Gasteiger partial charge in [-0.3, -0.25) is 0 Å². The zero-order valence-corrected chi connectivity index (χ0v) is 13.1. The van der Waals surface area contributed by atoms with Crippen LogP contribution < -0.4 is 5.73 Å². The van der Waals surface area contributed by atoms with Gasteiger partial charge in [-0.05, 0) is 30.0 Å². The van der Waals surface area contributed by atoms with Gasteiger partial charge in [-0.25, -0.2) is 13.2 Å². The second kappa shape index (κ2) is 6.03. The number of nitrogen functional groups attached to an aromatic ring is 1. The van der Waals surface area contributed by atoms with E-state index in [1.54, 1.807) is 12.1 Å². The summed E-state index contributed by atoms with van der Waals surface area (Å²) in [5.74, 6) is -0.428. The van der Waals surface area contributed by atoms with Crippen LogP contribution in [0.2, 0.25) is 0 Å². The van der Waals surface area contributed by atoms with E-state index in [0.717, 1.165) is 17.5 Å². The Morgan fingerprint density at radius 2 is 2.14 bits per heavy atom. The van der Waals surface area contributed by atoms with E-state index in [2.05, 4.69) is 0 Å². The van der Waals surface area contributed by atoms with E-state index in [4.69, 9.17) is 10.5 Å². The maximum Gasteiger partial charge on any atom is 0.340 e. The van der Waals surface area contributed by atoms with Crippen LogP contribution in [-0.2, 0) is 27.7 Å². The Hall–Kier alpha value is -1.60. The molecule has 0 atom stereocenters. The van der Waals surface area contributed by atoms with Crippen molar-refractivity contribution < 1.29 is 17.9 Å². The fourth-order valence-corrected chi connectivity index (χ4v) is 3.19. The van der Waals surface area contributed by atoms with Crippen LogP contribution in [0.5, 0.6) is 0 Å². The van der Waals surface area contributed by atoms with Crippen LogP contribution >= 0.6 is 0 Å². The molecule has 1 aromatic rings. The van der Waals surface area contributed by atoms with Crippen molar-refractivity contribution >= 4 is 21.7 Å². The minimum absolute atomic E-state index is 0.294. The molecule has 0 aliphatic carbocycles. The monoisotopic (exact) mass is 312 g/mol. The summed E-state index contributed by atoms with van der Waals surface area (Å²) in [4.78, 5) is 11.9. The highest BCUT2D eigenvalue weighted by Gasteiger charge is 2.26. The van der Waals surface area contributed by atoms with Crippen molar-refractivity contribution in [1.29, 1.82) is 0 Å². The molecule has 1 aliphatic heterocycles. The number of nitrogens with two attached hydrogens (primary N) is 1. The summed E-state index contributed by atoms with van der Waals surface area (Å²) >= 11 is 0. The molecule has 1 heterocycles. The number of rotatable bonds is 4. The van der Waals surface area contributed by atoms with Gasteiger partial charge in [0, 0.05) is 18.8 Å². The molecule has 0 bridgehead atoms. The van der Waals surface area contributed by atoms with Crippen molar-refractivity contribution in [3.63, 3.8) is 0 Å². The number of hydrogen-bond acceptors (Lipinski definition) is 5. The number of carbonyl (C=O) groups excluding carboxylic acids is 1. The Kier molecular flexibility index (Phi) is 4.53. The van der Waals surface area contributed by atoms with Gasteiger partial charge in [0.1, 0.15) is 0 Å². The predicted octanol–water partition coefficient (Wildman–Crippen LogP) is 1.15. The van der Waals surface area contributed by atoms with Crippen LogP contribution in [0.3, 0.4) is 0 Å². The van der Waals surface area contributed by atoms with Gasteiger partial charge in [0.05, 0.1) is 18.4 Å². The summed E-state index contributed by atoms with van der Waals surface area (Å²) in [5.41, 5.74) is 8.52. The summed E-state index contributed by atoms with van der Waals surface area (Å²) in [7, 11) is -3.22. The molecule has 0 saturated carbocycles. The first kappa shape index (κ1) is 15.8. The van der Waals surface area contributed by atoms with Crippen molar-refractivity contribution in [2.24, 2.45) is 0 Å². The second-order valence-corrected chi connectivity index (χ2v) is 7.13. The first-order chi connectivity index (χ1) is 9.84. The highest BCUT2D eigenvalue weighted by Crippen LogP contribution is 2.28. The molecule has 0 fully saturated rings. The Labute approximate surface area is 124 Å². The van der Waals surface area contributed by atoms with Crippen molar-refractivity contribution in [3.8, 4) is 0 Å². The smallest absolute Gasteiger partial charge is 0.340 e. The molecule has 116 valence electrons. The van der Waals surface area contributed by atoms with E-state index in [1.807, 2.05) is 6.92 Å². The Balaban J connectivity index is 2.28. The van der Waals surface area contributed by atoms with Crippen LogP contribution in [0.15, 0.2) is 12.1 Å². The fourth-order valence-electron chi connectivity index (χ4n) is 2.39. The molecule has 1 aliphatic rings. The van der Waals surface area contributed by atoms with E-state index >= 15 is 0 Å². The number of hydrogen-bond donors (Lipinski definition) is 1. The molecule has 0 unspecified atom stereocenters. The third kappa shape index (κ3) is 3.36. The molecule has 0 radical (unpaired) electrons. The van der Waals surface area contributed by atoms with Crippen LogP contribution in [0.4, 0.5) is 5.69 Å². The van der Waals surface area contributed by atoms with Crippen molar-refractivity contribution in [2.45, 2.75) is 26.3 Å². The molecule has 0 spiro atoms. The Bertz CT molecular complexity index is 655. The highest BCUT2D eigenvalue weighted by molar-refractivity contribution is 7.88. The largest absolute Gasteiger partial charge is 0.462 e. The molecule has 0 aromatic heterocycles. The lowest BCUT2D eigenvalue weighted by Crippen LogP contribution is -2.35. The van der Waals surface area contributed by atoms with E-state index in [-0.39, 0.29) is 0 Å². The topological polar surface area (TPSA) is 89.7 Å². The predicted molar refractivity (Wildman–Crippen MR) is 80.4 cm³/mol. The summed E-state index contributed by atoms with van der Waals surface area (Å²) in [6.07, 6.45) is 2.45. The van der Waals surface area contributed by atoms with Crippen LogP contribution in [0, 0.1) is 0 Å². The number of carbonyl (C=O) groups is 1. The number of sulfonamides is 1. The molecule has 7 heteroatoms. The number of anilines is 1. The number of fused-ring (bicyclic) bond motifs is 1. The van der Waals surface area contributed by atoms with Gasteiger partial charge in [0.25, 0.3) is 0 Å². The fraction of sp³-hybridized carbons (Fsp3) is 0.500. The second-order valence-electron chi connectivity index (χ2n) is 5.15. The van der Waals surface area contributed by atoms with Crippen molar-refractivity contribution in [1.82, 2.24) is 4.31 Å². The van der Waals surface area contributed by atoms with E-state index in [0.29, 0.717) is 37.4 Å². The number of ether oxygens (including phenoxy) is 1. The van der Waals surface area contributed by atoms with Gasteiger partial charge in [0.15, 0.2) is 0 Å². The normalized spacial score (nSPS) is 15.5. The molecule has 6 nitrogen and oxygen atoms in total. The third-order valence-corrected chi connectivity index (χ3v) is 4.79. The molecule has 2 rings (SSSR count). The van der Waals surface area contributed by atoms with E-state index in [1.165, 1.54) is 10.6 Å². The average Bonchev–Trinajstić information content (AvgIpc) is 2.43. The zero-order chi connectivity index (χ0) is 15.6. The molecular weight excluding hydrogens is 292 g/mol. The van der Waals surface area contributed by atoms with Gasteiger partial charge in [-0.15, -0.1) is 0 Å². The van der Waals surface area contributed by atoms with Crippen LogP contribution in [0.25, 0.3) is 0 Å². The minimum Gasteiger partial charge on any atom is -0.462 e. The number of esters is 1. The van der Waals surface area contributed by atoms with Crippen LogP contribution in [-0.4, -0.2) is 38.1 Å². The Morgan fingerprint density at radius 3 is 2.76 bits per heavy atom. The third-order valence-electron chi connectivity index (χ3n) is 3.54. The molecule has 21 heavy (non-hydrogen) atoms. The van der Waals surface area contributed by atoms with Crippen molar-refractivity contribution in [3.05, 3.63) is 28.8 Å². The number of nitrogens with zero attached hydrogens (tertiary/aromatic N) is 1. The quantitative estimate of drug-likeness (QED) is 0.665. The Morgan fingerprint density at radius 1 is 1.43 bits per heavy atom. The standard InChI is InChI=1S/C14H20N2O4S/c1-3-8-20-14(17)12-5-4-10-9-16(21(2,18)19)7-6-11(10)13(12)15/h4-5H,3,6-9,15H2,1-2H3. The molecule has 1 aromatic carbocycles. The maximum atomic E-state index is 11.9. The van der Waals surface area contributed by atoms with E-state index < -0.39 is 16.0 Å². The van der Waals surface area contributed by atoms with Gasteiger partial charge in [-0.1, -0.05) is 13.0 Å². The maximum absolute atomic E-state index is 11.9. The summed E-state index contributed by atoms with van der Waals surface area (Å²) < 4.78 is 29.7. The van der Waals surface area contributed by atoms with Crippen molar-refractivity contribution in [2.75, 3.05) is 25.1 Å². The highest BCUT2D eigenvalue weighted by atomic mass is 32.2. The number of benzene rings is 1. The average molecular weight is 312 g/mol. The molecule has 0 saturated heterocycles. The van der Waals surface area contributed by atoms with Gasteiger partial charge >= 0.3 is 5.97 Å². The lowest BCUT2D eigenvalue weighted by Gasteiger charge is -2.28. The lowest BCUT2D eigenvalue weighted by molar-refractivity contribution is 0.0506. The minimum atomic E-state index is -3.22.